The van der Waals surface area contributed by atoms with Crippen LogP contribution in [-0.4, -0.2) is 23.2 Å². The van der Waals surface area contributed by atoms with Gasteiger partial charge >= 0.3 is 5.97 Å². The molecule has 19 heavy (non-hydrogen) atoms. The van der Waals surface area contributed by atoms with Crippen LogP contribution in [0, 0.1) is 5.92 Å². The Morgan fingerprint density at radius 1 is 1.42 bits per heavy atom. The van der Waals surface area contributed by atoms with Crippen LogP contribution in [0.2, 0.25) is 0 Å². The van der Waals surface area contributed by atoms with Crippen molar-refractivity contribution in [3.63, 3.8) is 0 Å². The molecule has 1 N–H and O–H groups in total. The van der Waals surface area contributed by atoms with Crippen molar-refractivity contribution < 1.29 is 14.6 Å². The lowest BCUT2D eigenvalue weighted by molar-refractivity contribution is -0.150. The predicted octanol–water partition coefficient (Wildman–Crippen LogP) is 2.43. The molecule has 102 valence electrons. The lowest BCUT2D eigenvalue weighted by Crippen LogP contribution is -2.37. The zero-order valence-electron chi connectivity index (χ0n) is 10.9. The lowest BCUT2D eigenvalue weighted by atomic mass is 10.0. The van der Waals surface area contributed by atoms with E-state index in [9.17, 15) is 9.90 Å². The van der Waals surface area contributed by atoms with Crippen LogP contribution in [0.3, 0.4) is 0 Å². The summed E-state index contributed by atoms with van der Waals surface area (Å²) in [7, 11) is 0. The van der Waals surface area contributed by atoms with Crippen LogP contribution in [0.25, 0.3) is 10.4 Å². The zero-order chi connectivity index (χ0) is 14.3. The van der Waals surface area contributed by atoms with E-state index < -0.39 is 18.1 Å². The number of hydrogen-bond acceptors (Lipinski definition) is 4. The number of ether oxygens (including phenoxy) is 1. The van der Waals surface area contributed by atoms with Gasteiger partial charge in [0.25, 0.3) is 0 Å². The van der Waals surface area contributed by atoms with Crippen molar-refractivity contribution in [1.82, 2.24) is 0 Å². The van der Waals surface area contributed by atoms with Crippen LogP contribution in [0.15, 0.2) is 35.4 Å². The van der Waals surface area contributed by atoms with E-state index in [-0.39, 0.29) is 12.5 Å². The van der Waals surface area contributed by atoms with E-state index in [0.29, 0.717) is 0 Å². The Morgan fingerprint density at radius 3 is 2.58 bits per heavy atom. The molecule has 6 heteroatoms. The van der Waals surface area contributed by atoms with Gasteiger partial charge in [-0.15, -0.1) is 0 Å². The SMILES string of the molecule is CC(C)[C@@H](O)C(N=[N+]=[N-])C(=O)OCc1ccccc1. The molecule has 1 aromatic rings. The van der Waals surface area contributed by atoms with Gasteiger partial charge < -0.3 is 9.84 Å². The van der Waals surface area contributed by atoms with Crippen molar-refractivity contribution in [2.24, 2.45) is 11.0 Å². The lowest BCUT2D eigenvalue weighted by Gasteiger charge is -2.20. The van der Waals surface area contributed by atoms with Crippen molar-refractivity contribution in [3.8, 4) is 0 Å². The van der Waals surface area contributed by atoms with Gasteiger partial charge in [0.05, 0.1) is 6.10 Å². The van der Waals surface area contributed by atoms with Gasteiger partial charge in [-0.2, -0.15) is 0 Å². The van der Waals surface area contributed by atoms with Gasteiger partial charge in [0, 0.05) is 4.91 Å². The minimum absolute atomic E-state index is 0.0853. The average molecular weight is 263 g/mol. The van der Waals surface area contributed by atoms with Gasteiger partial charge in [0.2, 0.25) is 0 Å². The first kappa shape index (κ1) is 15.0. The molecule has 2 atom stereocenters. The topological polar surface area (TPSA) is 95.3 Å². The van der Waals surface area contributed by atoms with E-state index in [4.69, 9.17) is 10.3 Å². The van der Waals surface area contributed by atoms with Crippen LogP contribution in [0.5, 0.6) is 0 Å². The summed E-state index contributed by atoms with van der Waals surface area (Å²) in [5.74, 6) is -0.928. The Balaban J connectivity index is 2.65. The van der Waals surface area contributed by atoms with Gasteiger partial charge in [-0.25, -0.2) is 0 Å². The smallest absolute Gasteiger partial charge is 0.317 e. The Bertz CT molecular complexity index is 455. The van der Waals surface area contributed by atoms with Crippen molar-refractivity contribution in [2.45, 2.75) is 32.6 Å². The first-order valence-corrected chi connectivity index (χ1v) is 5.99. The highest BCUT2D eigenvalue weighted by atomic mass is 16.5. The number of hydrogen-bond donors (Lipinski definition) is 1. The molecular formula is C13H17N3O3. The van der Waals surface area contributed by atoms with E-state index in [1.54, 1.807) is 13.8 Å². The molecule has 0 bridgehead atoms. The average Bonchev–Trinajstić information content (AvgIpc) is 2.42. The Labute approximate surface area is 111 Å². The molecule has 1 aromatic carbocycles. The zero-order valence-corrected chi connectivity index (χ0v) is 10.9. The second-order valence-corrected chi connectivity index (χ2v) is 4.48. The molecular weight excluding hydrogens is 246 g/mol. The van der Waals surface area contributed by atoms with E-state index in [2.05, 4.69) is 10.0 Å². The molecule has 0 amide bonds. The molecule has 0 saturated heterocycles. The fourth-order valence-electron chi connectivity index (χ4n) is 1.49. The number of carbonyl (C=O) groups is 1. The number of aliphatic hydroxyl groups is 1. The minimum atomic E-state index is -1.21. The molecule has 0 heterocycles. The molecule has 1 rings (SSSR count). The van der Waals surface area contributed by atoms with Gasteiger partial charge in [0.15, 0.2) is 6.04 Å². The molecule has 1 unspecified atom stereocenters. The van der Waals surface area contributed by atoms with Crippen molar-refractivity contribution in [3.05, 3.63) is 46.3 Å². The summed E-state index contributed by atoms with van der Waals surface area (Å²) in [5, 5.41) is 13.1. The first-order valence-electron chi connectivity index (χ1n) is 5.99. The molecule has 0 spiro atoms. The summed E-state index contributed by atoms with van der Waals surface area (Å²) >= 11 is 0. The molecule has 0 radical (unpaired) electrons. The number of nitrogens with zero attached hydrogens (tertiary/aromatic N) is 3. The standard InChI is InChI=1S/C13H17N3O3/c1-9(2)12(17)11(15-16-14)13(18)19-8-10-6-4-3-5-7-10/h3-7,9,11-12,17H,8H2,1-2H3/t11?,12-/m1/s1. The minimum Gasteiger partial charge on any atom is -0.460 e. The molecule has 6 nitrogen and oxygen atoms in total. The summed E-state index contributed by atoms with van der Waals surface area (Å²) in [6, 6.07) is 7.93. The van der Waals surface area contributed by atoms with Crippen LogP contribution in [0.1, 0.15) is 19.4 Å². The number of rotatable bonds is 6. The number of azide groups is 1. The predicted molar refractivity (Wildman–Crippen MR) is 70.0 cm³/mol. The summed E-state index contributed by atoms with van der Waals surface area (Å²) in [6.07, 6.45) is -1.06. The molecule has 0 fully saturated rings. The third-order valence-electron chi connectivity index (χ3n) is 2.65. The van der Waals surface area contributed by atoms with E-state index in [1.165, 1.54) is 0 Å². The Hall–Kier alpha value is -2.04. The maximum atomic E-state index is 11.8. The Kier molecular flexibility index (Phi) is 5.85. The second-order valence-electron chi connectivity index (χ2n) is 4.48. The normalized spacial score (nSPS) is 13.5. The van der Waals surface area contributed by atoms with Crippen LogP contribution >= 0.6 is 0 Å². The van der Waals surface area contributed by atoms with Crippen molar-refractivity contribution in [1.29, 1.82) is 0 Å². The molecule has 0 aliphatic heterocycles. The van der Waals surface area contributed by atoms with Crippen LogP contribution < -0.4 is 0 Å². The summed E-state index contributed by atoms with van der Waals surface area (Å²) in [5.41, 5.74) is 9.27. The first-order chi connectivity index (χ1) is 9.06. The van der Waals surface area contributed by atoms with Crippen LogP contribution in [0.4, 0.5) is 0 Å². The van der Waals surface area contributed by atoms with Gasteiger partial charge in [-0.1, -0.05) is 49.3 Å². The maximum Gasteiger partial charge on any atom is 0.317 e. The fraction of sp³-hybridized carbons (Fsp3) is 0.462. The number of aliphatic hydroxyl groups excluding tert-OH is 1. The molecule has 0 aliphatic carbocycles. The number of carbonyl (C=O) groups excluding carboxylic acids is 1. The van der Waals surface area contributed by atoms with Gasteiger partial charge in [-0.3, -0.25) is 4.79 Å². The summed E-state index contributed by atoms with van der Waals surface area (Å²) < 4.78 is 5.05. The summed E-state index contributed by atoms with van der Waals surface area (Å²) in [4.78, 5) is 14.4. The van der Waals surface area contributed by atoms with Gasteiger partial charge in [0.1, 0.15) is 6.61 Å². The second kappa shape index (κ2) is 7.41. The number of benzene rings is 1. The van der Waals surface area contributed by atoms with E-state index in [1.807, 2.05) is 30.3 Å². The third kappa shape index (κ3) is 4.62. The van der Waals surface area contributed by atoms with E-state index >= 15 is 0 Å². The van der Waals surface area contributed by atoms with Crippen molar-refractivity contribution in [2.75, 3.05) is 0 Å². The molecule has 0 aromatic heterocycles. The number of esters is 1. The van der Waals surface area contributed by atoms with Gasteiger partial charge in [-0.05, 0) is 17.0 Å². The Morgan fingerprint density at radius 2 is 2.05 bits per heavy atom. The fourth-order valence-corrected chi connectivity index (χ4v) is 1.49. The van der Waals surface area contributed by atoms with Crippen molar-refractivity contribution >= 4 is 5.97 Å². The molecule has 0 aliphatic rings. The van der Waals surface area contributed by atoms with E-state index in [0.717, 1.165) is 5.56 Å². The van der Waals surface area contributed by atoms with Crippen LogP contribution in [-0.2, 0) is 16.1 Å². The summed E-state index contributed by atoms with van der Waals surface area (Å²) in [6.45, 7) is 3.55. The third-order valence-corrected chi connectivity index (χ3v) is 2.65. The molecule has 0 saturated carbocycles. The highest BCUT2D eigenvalue weighted by Crippen LogP contribution is 2.13. The monoisotopic (exact) mass is 263 g/mol. The highest BCUT2D eigenvalue weighted by molar-refractivity contribution is 5.76. The largest absolute Gasteiger partial charge is 0.460 e. The highest BCUT2D eigenvalue weighted by Gasteiger charge is 2.29. The maximum absolute atomic E-state index is 11.8. The quantitative estimate of drug-likeness (QED) is 0.369.